The van der Waals surface area contributed by atoms with Gasteiger partial charge in [-0.1, -0.05) is 19.1 Å². The molecule has 2 rings (SSSR count). The van der Waals surface area contributed by atoms with Crippen molar-refractivity contribution in [2.75, 3.05) is 13.2 Å². The predicted molar refractivity (Wildman–Crippen MR) is 86.7 cm³/mol. The van der Waals surface area contributed by atoms with Gasteiger partial charge in [0.1, 0.15) is 0 Å². The summed E-state index contributed by atoms with van der Waals surface area (Å²) in [5.74, 6) is 0.710. The van der Waals surface area contributed by atoms with E-state index in [2.05, 4.69) is 10.3 Å². The van der Waals surface area contributed by atoms with E-state index in [1.807, 2.05) is 42.1 Å². The van der Waals surface area contributed by atoms with Gasteiger partial charge in [-0.25, -0.2) is 4.98 Å². The van der Waals surface area contributed by atoms with Crippen molar-refractivity contribution in [1.29, 1.82) is 0 Å². The van der Waals surface area contributed by atoms with E-state index in [0.29, 0.717) is 12.1 Å². The van der Waals surface area contributed by atoms with E-state index in [1.54, 1.807) is 23.1 Å². The first-order valence-corrected chi connectivity index (χ1v) is 8.61. The quantitative estimate of drug-likeness (QED) is 0.770. The van der Waals surface area contributed by atoms with E-state index >= 15 is 0 Å². The van der Waals surface area contributed by atoms with E-state index in [0.717, 1.165) is 16.3 Å². The van der Waals surface area contributed by atoms with Crippen LogP contribution in [0.25, 0.3) is 0 Å². The Hall–Kier alpha value is -1.37. The van der Waals surface area contributed by atoms with Gasteiger partial charge in [0.05, 0.1) is 16.8 Å². The number of benzene rings is 1. The number of aromatic nitrogens is 1. The molecule has 21 heavy (non-hydrogen) atoms. The van der Waals surface area contributed by atoms with Crippen molar-refractivity contribution >= 4 is 29.0 Å². The molecule has 4 nitrogen and oxygen atoms in total. The molecule has 1 heterocycles. The zero-order chi connectivity index (χ0) is 15.1. The summed E-state index contributed by atoms with van der Waals surface area (Å²) >= 11 is 3.18. The standard InChI is InChI=1S/C15H18N2O2S2/c1-11(7-18)6-16-15(19)13-4-2-3-5-14(13)21-9-12-8-20-10-17-12/h2-5,8,10-11,18H,6-7,9H2,1H3,(H,16,19). The molecule has 0 saturated carbocycles. The number of rotatable bonds is 7. The second kappa shape index (κ2) is 8.17. The van der Waals surface area contributed by atoms with E-state index in [1.165, 1.54) is 0 Å². The van der Waals surface area contributed by atoms with Crippen LogP contribution in [0.1, 0.15) is 23.0 Å². The van der Waals surface area contributed by atoms with E-state index < -0.39 is 0 Å². The molecule has 0 aliphatic heterocycles. The van der Waals surface area contributed by atoms with Gasteiger partial charge in [-0.15, -0.1) is 23.1 Å². The smallest absolute Gasteiger partial charge is 0.252 e. The van der Waals surface area contributed by atoms with Crippen molar-refractivity contribution < 1.29 is 9.90 Å². The summed E-state index contributed by atoms with van der Waals surface area (Å²) in [6.07, 6.45) is 0. The maximum Gasteiger partial charge on any atom is 0.252 e. The van der Waals surface area contributed by atoms with Crippen LogP contribution in [0.5, 0.6) is 0 Å². The van der Waals surface area contributed by atoms with Crippen LogP contribution < -0.4 is 5.32 Å². The Bertz CT molecular complexity index is 573. The average molecular weight is 322 g/mol. The number of nitrogens with one attached hydrogen (secondary N) is 1. The minimum absolute atomic E-state index is 0.0590. The normalized spacial score (nSPS) is 12.1. The third-order valence-corrected chi connectivity index (χ3v) is 4.66. The number of nitrogens with zero attached hydrogens (tertiary/aromatic N) is 1. The highest BCUT2D eigenvalue weighted by Crippen LogP contribution is 2.26. The van der Waals surface area contributed by atoms with E-state index in [-0.39, 0.29) is 18.4 Å². The number of aliphatic hydroxyl groups excluding tert-OH is 1. The fraction of sp³-hybridized carbons (Fsp3) is 0.333. The Morgan fingerprint density at radius 2 is 2.29 bits per heavy atom. The summed E-state index contributed by atoms with van der Waals surface area (Å²) in [4.78, 5) is 17.4. The van der Waals surface area contributed by atoms with Crippen LogP contribution in [0, 0.1) is 5.92 Å². The molecule has 0 aliphatic carbocycles. The van der Waals surface area contributed by atoms with Gasteiger partial charge in [0.2, 0.25) is 0 Å². The van der Waals surface area contributed by atoms with Crippen molar-refractivity contribution in [3.05, 3.63) is 46.4 Å². The van der Waals surface area contributed by atoms with Crippen LogP contribution in [-0.2, 0) is 5.75 Å². The van der Waals surface area contributed by atoms with Gasteiger partial charge >= 0.3 is 0 Å². The number of amides is 1. The highest BCUT2D eigenvalue weighted by atomic mass is 32.2. The molecule has 0 radical (unpaired) electrons. The number of hydrogen-bond acceptors (Lipinski definition) is 5. The van der Waals surface area contributed by atoms with E-state index in [4.69, 9.17) is 5.11 Å². The Kier molecular flexibility index (Phi) is 6.22. The molecular weight excluding hydrogens is 304 g/mol. The fourth-order valence-electron chi connectivity index (χ4n) is 1.67. The van der Waals surface area contributed by atoms with Crippen LogP contribution in [0.4, 0.5) is 0 Å². The van der Waals surface area contributed by atoms with Crippen LogP contribution in [0.3, 0.4) is 0 Å². The molecule has 0 saturated heterocycles. The van der Waals surface area contributed by atoms with Crippen LogP contribution in [-0.4, -0.2) is 29.1 Å². The first-order chi connectivity index (χ1) is 10.2. The number of carbonyl (C=O) groups excluding carboxylic acids is 1. The van der Waals surface area contributed by atoms with Crippen molar-refractivity contribution in [3.63, 3.8) is 0 Å². The summed E-state index contributed by atoms with van der Waals surface area (Å²) < 4.78 is 0. The molecule has 1 aromatic carbocycles. The number of carbonyl (C=O) groups is 1. The third-order valence-electron chi connectivity index (χ3n) is 2.91. The lowest BCUT2D eigenvalue weighted by molar-refractivity contribution is 0.0939. The van der Waals surface area contributed by atoms with Crippen LogP contribution in [0.15, 0.2) is 40.1 Å². The molecule has 2 aromatic rings. The van der Waals surface area contributed by atoms with Crippen molar-refractivity contribution in [1.82, 2.24) is 10.3 Å². The molecule has 6 heteroatoms. The summed E-state index contributed by atoms with van der Waals surface area (Å²) in [6.45, 7) is 2.43. The minimum Gasteiger partial charge on any atom is -0.396 e. The Labute approximate surface area is 132 Å². The molecule has 1 unspecified atom stereocenters. The summed E-state index contributed by atoms with van der Waals surface area (Å²) in [7, 11) is 0. The van der Waals surface area contributed by atoms with Crippen molar-refractivity contribution in [2.24, 2.45) is 5.92 Å². The average Bonchev–Trinajstić information content (AvgIpc) is 3.04. The van der Waals surface area contributed by atoms with Crippen molar-refractivity contribution in [2.45, 2.75) is 17.6 Å². The van der Waals surface area contributed by atoms with Crippen LogP contribution >= 0.6 is 23.1 Å². The topological polar surface area (TPSA) is 62.2 Å². The Morgan fingerprint density at radius 3 is 3.00 bits per heavy atom. The molecule has 1 amide bonds. The monoisotopic (exact) mass is 322 g/mol. The summed E-state index contributed by atoms with van der Waals surface area (Å²) in [6, 6.07) is 7.55. The highest BCUT2D eigenvalue weighted by molar-refractivity contribution is 7.98. The Balaban J connectivity index is 2.00. The van der Waals surface area contributed by atoms with Gasteiger partial charge in [-0.05, 0) is 18.1 Å². The lowest BCUT2D eigenvalue weighted by atomic mass is 10.1. The van der Waals surface area contributed by atoms with Gasteiger partial charge in [0, 0.05) is 29.2 Å². The van der Waals surface area contributed by atoms with Gasteiger partial charge < -0.3 is 10.4 Å². The first-order valence-electron chi connectivity index (χ1n) is 6.68. The maximum absolute atomic E-state index is 12.2. The van der Waals surface area contributed by atoms with Gasteiger partial charge in [-0.2, -0.15) is 0 Å². The van der Waals surface area contributed by atoms with Gasteiger partial charge in [0.15, 0.2) is 0 Å². The van der Waals surface area contributed by atoms with Crippen molar-refractivity contribution in [3.8, 4) is 0 Å². The Morgan fingerprint density at radius 1 is 1.48 bits per heavy atom. The molecule has 0 aliphatic rings. The summed E-state index contributed by atoms with van der Waals surface area (Å²) in [5, 5.41) is 13.9. The van der Waals surface area contributed by atoms with E-state index in [9.17, 15) is 4.79 Å². The zero-order valence-corrected chi connectivity index (χ0v) is 13.4. The molecule has 0 bridgehead atoms. The zero-order valence-electron chi connectivity index (χ0n) is 11.8. The fourth-order valence-corrected chi connectivity index (χ4v) is 3.28. The molecule has 1 aromatic heterocycles. The van der Waals surface area contributed by atoms with Crippen LogP contribution in [0.2, 0.25) is 0 Å². The molecule has 112 valence electrons. The largest absolute Gasteiger partial charge is 0.396 e. The number of thiazole rings is 1. The highest BCUT2D eigenvalue weighted by Gasteiger charge is 2.12. The minimum atomic E-state index is -0.100. The number of aliphatic hydroxyl groups is 1. The third kappa shape index (κ3) is 4.84. The second-order valence-corrected chi connectivity index (χ2v) is 6.50. The lowest BCUT2D eigenvalue weighted by Gasteiger charge is -2.12. The second-order valence-electron chi connectivity index (χ2n) is 4.76. The lowest BCUT2D eigenvalue weighted by Crippen LogP contribution is -2.29. The number of hydrogen-bond donors (Lipinski definition) is 2. The first kappa shape index (κ1) is 16.0. The predicted octanol–water partition coefficient (Wildman–Crippen LogP) is 2.79. The molecule has 1 atom stereocenters. The number of thioether (sulfide) groups is 1. The molecule has 0 fully saturated rings. The molecular formula is C15H18N2O2S2. The SMILES string of the molecule is CC(CO)CNC(=O)c1ccccc1SCc1cscn1. The molecule has 2 N–H and O–H groups in total. The van der Waals surface area contributed by atoms with Gasteiger partial charge in [0.25, 0.3) is 5.91 Å². The summed E-state index contributed by atoms with van der Waals surface area (Å²) in [5.41, 5.74) is 3.50. The van der Waals surface area contributed by atoms with Gasteiger partial charge in [-0.3, -0.25) is 4.79 Å². The molecule has 0 spiro atoms. The maximum atomic E-state index is 12.2.